The summed E-state index contributed by atoms with van der Waals surface area (Å²) in [5, 5.41) is 16.5. The van der Waals surface area contributed by atoms with Crippen LogP contribution in [-0.2, 0) is 0 Å². The standard InChI is InChI=1S/C23H31N5O/c1-16(11-17(2)25)15-29-22-4-3-18(12-20(22)14-24)19-5-10-27-23(13-19)28-21-6-8-26-9-7-21/h3-5,10,12-13,16-17,21,26H,6-9,11,15,25H2,1-2H3,(H,27,28). The molecule has 29 heavy (non-hydrogen) atoms. The van der Waals surface area contributed by atoms with E-state index in [9.17, 15) is 5.26 Å². The van der Waals surface area contributed by atoms with Crippen molar-refractivity contribution in [2.45, 2.75) is 45.2 Å². The minimum absolute atomic E-state index is 0.144. The van der Waals surface area contributed by atoms with Crippen LogP contribution in [0.5, 0.6) is 5.75 Å². The van der Waals surface area contributed by atoms with E-state index in [0.717, 1.165) is 49.3 Å². The van der Waals surface area contributed by atoms with Crippen molar-refractivity contribution in [2.24, 2.45) is 11.7 Å². The zero-order chi connectivity index (χ0) is 20.6. The van der Waals surface area contributed by atoms with E-state index in [1.807, 2.05) is 43.5 Å². The van der Waals surface area contributed by atoms with Crippen LogP contribution in [0.3, 0.4) is 0 Å². The molecule has 3 rings (SSSR count). The molecule has 6 nitrogen and oxygen atoms in total. The van der Waals surface area contributed by atoms with Crippen LogP contribution in [0.1, 0.15) is 38.7 Å². The summed E-state index contributed by atoms with van der Waals surface area (Å²) < 4.78 is 5.90. The molecule has 2 unspecified atom stereocenters. The first-order valence-corrected chi connectivity index (χ1v) is 10.4. The van der Waals surface area contributed by atoms with Gasteiger partial charge in [-0.2, -0.15) is 5.26 Å². The molecule has 1 saturated heterocycles. The Balaban J connectivity index is 1.70. The molecule has 1 aromatic heterocycles. The SMILES string of the molecule is CC(N)CC(C)COc1ccc(-c2ccnc(NC3CCNCC3)c2)cc1C#N. The summed E-state index contributed by atoms with van der Waals surface area (Å²) in [4.78, 5) is 4.46. The van der Waals surface area contributed by atoms with Crippen molar-refractivity contribution in [3.05, 3.63) is 42.1 Å². The molecular weight excluding hydrogens is 362 g/mol. The van der Waals surface area contributed by atoms with Crippen molar-refractivity contribution in [2.75, 3.05) is 25.0 Å². The van der Waals surface area contributed by atoms with E-state index in [0.29, 0.717) is 29.9 Å². The van der Waals surface area contributed by atoms with E-state index in [1.165, 1.54) is 0 Å². The van der Waals surface area contributed by atoms with Crippen LogP contribution in [0.2, 0.25) is 0 Å². The average Bonchev–Trinajstić information content (AvgIpc) is 2.72. The summed E-state index contributed by atoms with van der Waals surface area (Å²) in [6, 6.07) is 12.6. The van der Waals surface area contributed by atoms with Crippen molar-refractivity contribution in [3.8, 4) is 22.9 Å². The molecule has 2 atom stereocenters. The Morgan fingerprint density at radius 1 is 1.24 bits per heavy atom. The third-order valence-electron chi connectivity index (χ3n) is 5.18. The molecule has 0 aliphatic carbocycles. The number of pyridine rings is 1. The van der Waals surface area contributed by atoms with E-state index in [4.69, 9.17) is 10.5 Å². The number of anilines is 1. The first kappa shape index (κ1) is 21.1. The maximum Gasteiger partial charge on any atom is 0.137 e. The number of hydrogen-bond donors (Lipinski definition) is 3. The number of nitriles is 1. The number of benzene rings is 1. The summed E-state index contributed by atoms with van der Waals surface area (Å²) in [5.41, 5.74) is 8.41. The molecule has 0 bridgehead atoms. The molecule has 1 aromatic carbocycles. The van der Waals surface area contributed by atoms with E-state index < -0.39 is 0 Å². The Morgan fingerprint density at radius 3 is 2.72 bits per heavy atom. The number of aromatic nitrogens is 1. The molecule has 2 heterocycles. The van der Waals surface area contributed by atoms with Crippen LogP contribution >= 0.6 is 0 Å². The number of rotatable bonds is 8. The minimum atomic E-state index is 0.144. The summed E-state index contributed by atoms with van der Waals surface area (Å²) in [5.74, 6) is 1.83. The maximum atomic E-state index is 9.59. The highest BCUT2D eigenvalue weighted by Crippen LogP contribution is 2.28. The van der Waals surface area contributed by atoms with Gasteiger partial charge in [-0.15, -0.1) is 0 Å². The monoisotopic (exact) mass is 393 g/mol. The zero-order valence-electron chi connectivity index (χ0n) is 17.3. The first-order chi connectivity index (χ1) is 14.0. The lowest BCUT2D eigenvalue weighted by Gasteiger charge is -2.24. The molecule has 154 valence electrons. The Morgan fingerprint density at radius 2 is 2.00 bits per heavy atom. The predicted molar refractivity (Wildman–Crippen MR) is 117 cm³/mol. The summed E-state index contributed by atoms with van der Waals surface area (Å²) in [6.07, 6.45) is 4.89. The third kappa shape index (κ3) is 6.18. The molecule has 0 radical (unpaired) electrons. The highest BCUT2D eigenvalue weighted by molar-refractivity contribution is 5.69. The van der Waals surface area contributed by atoms with Gasteiger partial charge in [-0.1, -0.05) is 13.0 Å². The molecule has 0 spiro atoms. The highest BCUT2D eigenvalue weighted by atomic mass is 16.5. The summed E-state index contributed by atoms with van der Waals surface area (Å²) in [6.45, 7) is 6.72. The van der Waals surface area contributed by atoms with Crippen LogP contribution in [0.25, 0.3) is 11.1 Å². The second-order valence-corrected chi connectivity index (χ2v) is 8.05. The smallest absolute Gasteiger partial charge is 0.137 e. The number of nitrogens with one attached hydrogen (secondary N) is 2. The molecule has 1 fully saturated rings. The fraction of sp³-hybridized carbons (Fsp3) is 0.478. The Kier molecular flexibility index (Phi) is 7.45. The zero-order valence-corrected chi connectivity index (χ0v) is 17.3. The van der Waals surface area contributed by atoms with Crippen molar-refractivity contribution in [1.82, 2.24) is 10.3 Å². The molecule has 0 amide bonds. The minimum Gasteiger partial charge on any atom is -0.492 e. The number of ether oxygens (including phenoxy) is 1. The van der Waals surface area contributed by atoms with Gasteiger partial charge in [0.1, 0.15) is 17.6 Å². The van der Waals surface area contributed by atoms with E-state index in [-0.39, 0.29) is 6.04 Å². The molecule has 4 N–H and O–H groups in total. The maximum absolute atomic E-state index is 9.59. The van der Waals surface area contributed by atoms with Gasteiger partial charge in [-0.25, -0.2) is 4.98 Å². The molecule has 2 aromatic rings. The van der Waals surface area contributed by atoms with Gasteiger partial charge in [0.05, 0.1) is 12.2 Å². The fourth-order valence-corrected chi connectivity index (χ4v) is 3.72. The molecule has 6 heteroatoms. The molecule has 1 aliphatic rings. The average molecular weight is 394 g/mol. The van der Waals surface area contributed by atoms with Crippen molar-refractivity contribution >= 4 is 5.82 Å². The first-order valence-electron chi connectivity index (χ1n) is 10.4. The summed E-state index contributed by atoms with van der Waals surface area (Å²) >= 11 is 0. The van der Waals surface area contributed by atoms with Gasteiger partial charge in [0, 0.05) is 18.3 Å². The van der Waals surface area contributed by atoms with Gasteiger partial charge in [0.2, 0.25) is 0 Å². The molecular formula is C23H31N5O. The summed E-state index contributed by atoms with van der Waals surface area (Å²) in [7, 11) is 0. The van der Waals surface area contributed by atoms with Crippen LogP contribution in [0.4, 0.5) is 5.82 Å². The van der Waals surface area contributed by atoms with Gasteiger partial charge in [0.15, 0.2) is 0 Å². The third-order valence-corrected chi connectivity index (χ3v) is 5.18. The molecule has 0 saturated carbocycles. The lowest BCUT2D eigenvalue weighted by atomic mass is 10.0. The number of piperidine rings is 1. The van der Waals surface area contributed by atoms with Crippen LogP contribution in [-0.4, -0.2) is 36.8 Å². The van der Waals surface area contributed by atoms with Crippen molar-refractivity contribution < 1.29 is 4.74 Å². The van der Waals surface area contributed by atoms with Gasteiger partial charge in [-0.3, -0.25) is 0 Å². The van der Waals surface area contributed by atoms with E-state index in [2.05, 4.69) is 28.6 Å². The fourth-order valence-electron chi connectivity index (χ4n) is 3.72. The van der Waals surface area contributed by atoms with E-state index in [1.54, 1.807) is 0 Å². The predicted octanol–water partition coefficient (Wildman–Crippen LogP) is 3.54. The second kappa shape index (κ2) is 10.2. The van der Waals surface area contributed by atoms with Crippen LogP contribution in [0.15, 0.2) is 36.5 Å². The molecule has 1 aliphatic heterocycles. The van der Waals surface area contributed by atoms with Crippen LogP contribution < -0.4 is 21.1 Å². The number of nitrogens with two attached hydrogens (primary N) is 1. The quantitative estimate of drug-likeness (QED) is 0.635. The Labute approximate surface area is 173 Å². The van der Waals surface area contributed by atoms with E-state index >= 15 is 0 Å². The van der Waals surface area contributed by atoms with Crippen molar-refractivity contribution in [1.29, 1.82) is 5.26 Å². The Bertz CT molecular complexity index is 839. The lowest BCUT2D eigenvalue weighted by molar-refractivity contribution is 0.246. The second-order valence-electron chi connectivity index (χ2n) is 8.05. The largest absolute Gasteiger partial charge is 0.492 e. The van der Waals surface area contributed by atoms with Gasteiger partial charge >= 0.3 is 0 Å². The normalized spacial score (nSPS) is 16.6. The van der Waals surface area contributed by atoms with Crippen LogP contribution in [0, 0.1) is 17.2 Å². The Hall–Kier alpha value is -2.62. The van der Waals surface area contributed by atoms with Gasteiger partial charge in [0.25, 0.3) is 0 Å². The van der Waals surface area contributed by atoms with Crippen molar-refractivity contribution in [3.63, 3.8) is 0 Å². The lowest BCUT2D eigenvalue weighted by Crippen LogP contribution is -2.35. The van der Waals surface area contributed by atoms with Gasteiger partial charge in [-0.05, 0) is 80.6 Å². The number of nitrogens with zero attached hydrogens (tertiary/aromatic N) is 2. The topological polar surface area (TPSA) is 96.0 Å². The number of hydrogen-bond acceptors (Lipinski definition) is 6. The van der Waals surface area contributed by atoms with Gasteiger partial charge < -0.3 is 21.1 Å². The highest BCUT2D eigenvalue weighted by Gasteiger charge is 2.14.